The second-order valence-electron chi connectivity index (χ2n) is 3.93. The topological polar surface area (TPSA) is 82.9 Å². The van der Waals surface area contributed by atoms with Crippen molar-refractivity contribution in [3.05, 3.63) is 59.5 Å². The van der Waals surface area contributed by atoms with Crippen LogP contribution in [0.25, 0.3) is 0 Å². The Kier molecular flexibility index (Phi) is 4.08. The number of rotatable bonds is 4. The van der Waals surface area contributed by atoms with Crippen LogP contribution in [-0.2, 0) is 16.6 Å². The Morgan fingerprint density at radius 3 is 2.80 bits per heavy atom. The van der Waals surface area contributed by atoms with Gasteiger partial charge in [0.1, 0.15) is 0 Å². The number of hydrogen-bond donors (Lipinski definition) is 1. The lowest BCUT2D eigenvalue weighted by Crippen LogP contribution is -2.25. The third kappa shape index (κ3) is 3.17. The molecule has 0 saturated heterocycles. The highest BCUT2D eigenvalue weighted by Crippen LogP contribution is 2.11. The summed E-state index contributed by atoms with van der Waals surface area (Å²) in [5.41, 5.74) is 1.02. The van der Waals surface area contributed by atoms with E-state index < -0.39 is 20.9 Å². The average molecular weight is 291 g/mol. The van der Waals surface area contributed by atoms with Crippen LogP contribution in [0.4, 0.5) is 4.39 Å². The van der Waals surface area contributed by atoms with Crippen molar-refractivity contribution in [1.82, 2.24) is 9.71 Å². The van der Waals surface area contributed by atoms with Crippen LogP contribution in [0.5, 0.6) is 0 Å². The molecule has 2 aromatic rings. The lowest BCUT2D eigenvalue weighted by Gasteiger charge is -2.06. The molecule has 0 saturated carbocycles. The first-order valence-electron chi connectivity index (χ1n) is 5.62. The highest BCUT2D eigenvalue weighted by Gasteiger charge is 2.19. The number of hydrogen-bond acceptors (Lipinski definition) is 4. The van der Waals surface area contributed by atoms with E-state index in [-0.39, 0.29) is 6.54 Å². The Morgan fingerprint density at radius 2 is 2.10 bits per heavy atom. The van der Waals surface area contributed by atoms with Crippen molar-refractivity contribution in [2.75, 3.05) is 0 Å². The summed E-state index contributed by atoms with van der Waals surface area (Å²) in [6, 6.07) is 10.8. The van der Waals surface area contributed by atoms with Gasteiger partial charge in [0.2, 0.25) is 5.03 Å². The fourth-order valence-electron chi connectivity index (χ4n) is 1.57. The summed E-state index contributed by atoms with van der Waals surface area (Å²) >= 11 is 0. The van der Waals surface area contributed by atoms with E-state index in [9.17, 15) is 12.8 Å². The first-order chi connectivity index (χ1) is 9.53. The van der Waals surface area contributed by atoms with Crippen LogP contribution in [0.1, 0.15) is 11.1 Å². The normalized spacial score (nSPS) is 11.0. The third-order valence-electron chi connectivity index (χ3n) is 2.50. The predicted octanol–water partition coefficient (Wildman–Crippen LogP) is 1.57. The SMILES string of the molecule is N#Cc1cccc(CNS(=O)(=O)c2ncccc2F)c1. The third-order valence-corrected chi connectivity index (χ3v) is 3.84. The molecule has 0 aliphatic carbocycles. The molecule has 7 heteroatoms. The van der Waals surface area contributed by atoms with Crippen LogP contribution in [0.15, 0.2) is 47.6 Å². The average Bonchev–Trinajstić information content (AvgIpc) is 2.46. The van der Waals surface area contributed by atoms with Gasteiger partial charge in [0.25, 0.3) is 10.0 Å². The lowest BCUT2D eigenvalue weighted by atomic mass is 10.1. The molecule has 0 unspecified atom stereocenters. The van der Waals surface area contributed by atoms with Crippen LogP contribution in [0.3, 0.4) is 0 Å². The number of nitrogens with zero attached hydrogens (tertiary/aromatic N) is 2. The maximum atomic E-state index is 13.4. The van der Waals surface area contributed by atoms with Crippen molar-refractivity contribution in [3.63, 3.8) is 0 Å². The fourth-order valence-corrected chi connectivity index (χ4v) is 2.58. The van der Waals surface area contributed by atoms with Crippen LogP contribution in [-0.4, -0.2) is 13.4 Å². The number of benzene rings is 1. The van der Waals surface area contributed by atoms with E-state index in [1.165, 1.54) is 12.3 Å². The molecule has 0 radical (unpaired) electrons. The van der Waals surface area contributed by atoms with Crippen LogP contribution >= 0.6 is 0 Å². The molecule has 0 amide bonds. The molecular weight excluding hydrogens is 281 g/mol. The van der Waals surface area contributed by atoms with Gasteiger partial charge in [0.05, 0.1) is 11.6 Å². The molecule has 0 atom stereocenters. The van der Waals surface area contributed by atoms with Gasteiger partial charge in [-0.1, -0.05) is 12.1 Å². The van der Waals surface area contributed by atoms with Gasteiger partial charge >= 0.3 is 0 Å². The van der Waals surface area contributed by atoms with Gasteiger partial charge < -0.3 is 0 Å². The Labute approximate surface area is 115 Å². The molecule has 0 spiro atoms. The summed E-state index contributed by atoms with van der Waals surface area (Å²) in [4.78, 5) is 3.52. The quantitative estimate of drug-likeness (QED) is 0.927. The summed E-state index contributed by atoms with van der Waals surface area (Å²) in [5, 5.41) is 8.11. The van der Waals surface area contributed by atoms with Gasteiger partial charge in [0.15, 0.2) is 5.82 Å². The van der Waals surface area contributed by atoms with Gasteiger partial charge in [-0.25, -0.2) is 22.5 Å². The van der Waals surface area contributed by atoms with E-state index in [1.54, 1.807) is 24.3 Å². The Morgan fingerprint density at radius 1 is 1.30 bits per heavy atom. The highest BCUT2D eigenvalue weighted by atomic mass is 32.2. The molecule has 102 valence electrons. The number of nitrogens with one attached hydrogen (secondary N) is 1. The van der Waals surface area contributed by atoms with E-state index in [0.717, 1.165) is 6.07 Å². The van der Waals surface area contributed by atoms with Gasteiger partial charge in [-0.15, -0.1) is 0 Å². The molecule has 0 bridgehead atoms. The number of pyridine rings is 1. The van der Waals surface area contributed by atoms with Crippen molar-refractivity contribution < 1.29 is 12.8 Å². The molecule has 0 aliphatic heterocycles. The highest BCUT2D eigenvalue weighted by molar-refractivity contribution is 7.89. The van der Waals surface area contributed by atoms with Crippen molar-refractivity contribution in [2.45, 2.75) is 11.6 Å². The zero-order valence-electron chi connectivity index (χ0n) is 10.2. The van der Waals surface area contributed by atoms with Gasteiger partial charge in [-0.05, 0) is 29.8 Å². The van der Waals surface area contributed by atoms with Gasteiger partial charge in [-0.3, -0.25) is 0 Å². The fraction of sp³-hybridized carbons (Fsp3) is 0.0769. The first-order valence-corrected chi connectivity index (χ1v) is 7.10. The number of sulfonamides is 1. The Hall–Kier alpha value is -2.30. The largest absolute Gasteiger partial charge is 0.261 e. The minimum atomic E-state index is -4.03. The number of halogens is 1. The summed E-state index contributed by atoms with van der Waals surface area (Å²) in [7, 11) is -4.03. The summed E-state index contributed by atoms with van der Waals surface area (Å²) < 4.78 is 39.5. The number of aromatic nitrogens is 1. The van der Waals surface area contributed by atoms with E-state index in [2.05, 4.69) is 9.71 Å². The maximum Gasteiger partial charge on any atom is 0.261 e. The Balaban J connectivity index is 2.18. The van der Waals surface area contributed by atoms with Crippen LogP contribution in [0.2, 0.25) is 0 Å². The molecule has 1 aromatic heterocycles. The molecular formula is C13H10FN3O2S. The summed E-state index contributed by atoms with van der Waals surface area (Å²) in [6.45, 7) is -0.0478. The molecule has 0 fully saturated rings. The first kappa shape index (κ1) is 14.1. The van der Waals surface area contributed by atoms with Crippen molar-refractivity contribution >= 4 is 10.0 Å². The van der Waals surface area contributed by atoms with E-state index in [0.29, 0.717) is 11.1 Å². The zero-order valence-corrected chi connectivity index (χ0v) is 11.1. The van der Waals surface area contributed by atoms with Gasteiger partial charge in [-0.2, -0.15) is 5.26 Å². The molecule has 0 aliphatic rings. The summed E-state index contributed by atoms with van der Waals surface area (Å²) in [6.07, 6.45) is 1.20. The monoisotopic (exact) mass is 291 g/mol. The minimum Gasteiger partial charge on any atom is -0.241 e. The molecule has 2 rings (SSSR count). The molecule has 5 nitrogen and oxygen atoms in total. The Bertz CT molecular complexity index is 769. The maximum absolute atomic E-state index is 13.4. The van der Waals surface area contributed by atoms with Crippen molar-refractivity contribution in [2.24, 2.45) is 0 Å². The smallest absolute Gasteiger partial charge is 0.241 e. The van der Waals surface area contributed by atoms with Crippen LogP contribution in [0, 0.1) is 17.1 Å². The molecule has 1 aromatic carbocycles. The summed E-state index contributed by atoms with van der Waals surface area (Å²) in [5.74, 6) is -0.911. The molecule has 20 heavy (non-hydrogen) atoms. The van der Waals surface area contributed by atoms with E-state index in [4.69, 9.17) is 5.26 Å². The second-order valence-corrected chi connectivity index (χ2v) is 5.61. The molecule has 1 N–H and O–H groups in total. The van der Waals surface area contributed by atoms with Crippen LogP contribution < -0.4 is 4.72 Å². The lowest BCUT2D eigenvalue weighted by molar-refractivity contribution is 0.544. The minimum absolute atomic E-state index is 0.0478. The van der Waals surface area contributed by atoms with Crippen molar-refractivity contribution in [1.29, 1.82) is 5.26 Å². The standard InChI is InChI=1S/C13H10FN3O2S/c14-12-5-2-6-16-13(12)20(18,19)17-9-11-4-1-3-10(7-11)8-15/h1-7,17H,9H2. The zero-order chi connectivity index (χ0) is 14.6. The molecule has 1 heterocycles. The van der Waals surface area contributed by atoms with E-state index >= 15 is 0 Å². The predicted molar refractivity (Wildman–Crippen MR) is 69.4 cm³/mol. The van der Waals surface area contributed by atoms with Crippen molar-refractivity contribution in [3.8, 4) is 6.07 Å². The number of nitriles is 1. The van der Waals surface area contributed by atoms with E-state index in [1.807, 2.05) is 6.07 Å². The second kappa shape index (κ2) is 5.77. The van der Waals surface area contributed by atoms with Gasteiger partial charge in [0, 0.05) is 12.7 Å².